The molecule has 1 atom stereocenters. The number of benzene rings is 1. The van der Waals surface area contributed by atoms with E-state index in [9.17, 15) is 5.11 Å². The van der Waals surface area contributed by atoms with Gasteiger partial charge in [0.1, 0.15) is 12.4 Å². The average Bonchev–Trinajstić information content (AvgIpc) is 2.53. The number of hydrogen-bond acceptors (Lipinski definition) is 4. The molecule has 0 fully saturated rings. The van der Waals surface area contributed by atoms with Crippen LogP contribution in [0.5, 0.6) is 5.75 Å². The van der Waals surface area contributed by atoms with E-state index in [2.05, 4.69) is 23.0 Å². The van der Waals surface area contributed by atoms with E-state index in [1.54, 1.807) is 6.20 Å². The largest absolute Gasteiger partial charge is 0.489 e. The Morgan fingerprint density at radius 2 is 2.05 bits per heavy atom. The molecule has 0 saturated carbocycles. The molecule has 4 heteroatoms. The second-order valence-corrected chi connectivity index (χ2v) is 5.63. The molecule has 1 unspecified atom stereocenters. The maximum Gasteiger partial charge on any atom is 0.124 e. The first-order valence-electron chi connectivity index (χ1n) is 7.61. The number of pyridine rings is 1. The normalized spacial score (nSPS) is 12.4. The first-order valence-corrected chi connectivity index (χ1v) is 7.61. The Bertz CT molecular complexity index is 558. The minimum absolute atomic E-state index is 0.264. The Morgan fingerprint density at radius 3 is 2.77 bits per heavy atom. The van der Waals surface area contributed by atoms with Crippen LogP contribution >= 0.6 is 0 Å². The quantitative estimate of drug-likeness (QED) is 0.814. The summed E-state index contributed by atoms with van der Waals surface area (Å²) in [6.45, 7) is 3.99. The van der Waals surface area contributed by atoms with E-state index in [-0.39, 0.29) is 6.10 Å². The van der Waals surface area contributed by atoms with Crippen molar-refractivity contribution in [3.8, 4) is 5.75 Å². The van der Waals surface area contributed by atoms with E-state index in [0.29, 0.717) is 6.61 Å². The minimum Gasteiger partial charge on any atom is -0.489 e. The highest BCUT2D eigenvalue weighted by Gasteiger charge is 2.08. The van der Waals surface area contributed by atoms with Gasteiger partial charge in [-0.15, -0.1) is 0 Å². The van der Waals surface area contributed by atoms with Gasteiger partial charge in [-0.25, -0.2) is 0 Å². The SMILES string of the molecule is CC(O)CCN(C)Cc1ccccc1OCc1cccnc1. The first kappa shape index (κ1) is 16.5. The van der Waals surface area contributed by atoms with Gasteiger partial charge in [-0.1, -0.05) is 24.3 Å². The van der Waals surface area contributed by atoms with Gasteiger partial charge < -0.3 is 14.7 Å². The van der Waals surface area contributed by atoms with Crippen molar-refractivity contribution >= 4 is 0 Å². The van der Waals surface area contributed by atoms with Gasteiger partial charge in [0, 0.05) is 36.6 Å². The van der Waals surface area contributed by atoms with Crippen LogP contribution < -0.4 is 4.74 Å². The molecule has 0 radical (unpaired) electrons. The molecular weight excluding hydrogens is 276 g/mol. The van der Waals surface area contributed by atoms with Gasteiger partial charge in [0.2, 0.25) is 0 Å². The molecule has 0 aliphatic carbocycles. The minimum atomic E-state index is -0.264. The molecule has 4 nitrogen and oxygen atoms in total. The molecule has 0 amide bonds. The van der Waals surface area contributed by atoms with Crippen LogP contribution in [0.15, 0.2) is 48.8 Å². The highest BCUT2D eigenvalue weighted by molar-refractivity contribution is 5.33. The molecule has 1 aromatic heterocycles. The average molecular weight is 300 g/mol. The van der Waals surface area contributed by atoms with Gasteiger partial charge >= 0.3 is 0 Å². The van der Waals surface area contributed by atoms with Crippen LogP contribution in [0.25, 0.3) is 0 Å². The highest BCUT2D eigenvalue weighted by Crippen LogP contribution is 2.20. The summed E-state index contributed by atoms with van der Waals surface area (Å²) in [7, 11) is 2.06. The van der Waals surface area contributed by atoms with Crippen molar-refractivity contribution in [3.63, 3.8) is 0 Å². The maximum atomic E-state index is 9.37. The molecule has 0 saturated heterocycles. The van der Waals surface area contributed by atoms with Crippen LogP contribution in [0.3, 0.4) is 0 Å². The Morgan fingerprint density at radius 1 is 1.23 bits per heavy atom. The Balaban J connectivity index is 1.94. The number of aliphatic hydroxyl groups is 1. The van der Waals surface area contributed by atoms with E-state index < -0.39 is 0 Å². The van der Waals surface area contributed by atoms with Crippen molar-refractivity contribution in [1.29, 1.82) is 0 Å². The van der Waals surface area contributed by atoms with Crippen molar-refractivity contribution in [2.45, 2.75) is 32.6 Å². The Labute approximate surface area is 132 Å². The van der Waals surface area contributed by atoms with E-state index in [1.165, 1.54) is 0 Å². The summed E-state index contributed by atoms with van der Waals surface area (Å²) in [5, 5.41) is 9.37. The fraction of sp³-hybridized carbons (Fsp3) is 0.389. The summed E-state index contributed by atoms with van der Waals surface area (Å²) >= 11 is 0. The van der Waals surface area contributed by atoms with Gasteiger partial charge in [-0.05, 0) is 32.5 Å². The van der Waals surface area contributed by atoms with Crippen LogP contribution in [-0.2, 0) is 13.2 Å². The van der Waals surface area contributed by atoms with E-state index in [1.807, 2.05) is 43.5 Å². The maximum absolute atomic E-state index is 9.37. The molecule has 1 heterocycles. The predicted octanol–water partition coefficient (Wildman–Crippen LogP) is 2.86. The molecule has 22 heavy (non-hydrogen) atoms. The molecule has 0 spiro atoms. The lowest BCUT2D eigenvalue weighted by atomic mass is 10.2. The number of aliphatic hydroxyl groups excluding tert-OH is 1. The molecular formula is C18H24N2O2. The summed E-state index contributed by atoms with van der Waals surface area (Å²) in [6.07, 6.45) is 4.08. The standard InChI is InChI=1S/C18H24N2O2/c1-15(21)9-11-20(2)13-17-7-3-4-8-18(17)22-14-16-6-5-10-19-12-16/h3-8,10,12,15,21H,9,11,13-14H2,1-2H3. The van der Waals surface area contributed by atoms with Gasteiger partial charge in [-0.2, -0.15) is 0 Å². The summed E-state index contributed by atoms with van der Waals surface area (Å²) in [6, 6.07) is 12.0. The van der Waals surface area contributed by atoms with Crippen molar-refractivity contribution in [1.82, 2.24) is 9.88 Å². The van der Waals surface area contributed by atoms with Crippen LogP contribution in [0.2, 0.25) is 0 Å². The zero-order valence-corrected chi connectivity index (χ0v) is 13.3. The van der Waals surface area contributed by atoms with Gasteiger partial charge in [-0.3, -0.25) is 4.98 Å². The molecule has 1 aromatic carbocycles. The number of hydrogen-bond donors (Lipinski definition) is 1. The molecule has 0 aliphatic rings. The third-order valence-corrected chi connectivity index (χ3v) is 3.46. The van der Waals surface area contributed by atoms with Gasteiger partial charge in [0.15, 0.2) is 0 Å². The Hall–Kier alpha value is -1.91. The topological polar surface area (TPSA) is 45.6 Å². The summed E-state index contributed by atoms with van der Waals surface area (Å²) in [5.41, 5.74) is 2.21. The monoisotopic (exact) mass is 300 g/mol. The fourth-order valence-electron chi connectivity index (χ4n) is 2.20. The molecule has 1 N–H and O–H groups in total. The van der Waals surface area contributed by atoms with Crippen LogP contribution in [0.4, 0.5) is 0 Å². The summed E-state index contributed by atoms with van der Waals surface area (Å²) in [5.74, 6) is 0.898. The second kappa shape index (κ2) is 8.51. The summed E-state index contributed by atoms with van der Waals surface area (Å²) in [4.78, 5) is 6.29. The van der Waals surface area contributed by atoms with Gasteiger partial charge in [0.25, 0.3) is 0 Å². The third kappa shape index (κ3) is 5.47. The van der Waals surface area contributed by atoms with Crippen LogP contribution in [-0.4, -0.2) is 34.7 Å². The molecule has 2 rings (SSSR count). The highest BCUT2D eigenvalue weighted by atomic mass is 16.5. The van der Waals surface area contributed by atoms with Crippen molar-refractivity contribution < 1.29 is 9.84 Å². The lowest BCUT2D eigenvalue weighted by Gasteiger charge is -2.19. The van der Waals surface area contributed by atoms with E-state index >= 15 is 0 Å². The smallest absolute Gasteiger partial charge is 0.124 e. The van der Waals surface area contributed by atoms with Crippen LogP contribution in [0, 0.1) is 0 Å². The fourth-order valence-corrected chi connectivity index (χ4v) is 2.20. The number of para-hydroxylation sites is 1. The summed E-state index contributed by atoms with van der Waals surface area (Å²) < 4.78 is 5.93. The Kier molecular flexibility index (Phi) is 6.37. The number of nitrogens with zero attached hydrogens (tertiary/aromatic N) is 2. The molecule has 118 valence electrons. The molecule has 0 aliphatic heterocycles. The van der Waals surface area contributed by atoms with Crippen molar-refractivity contribution in [2.75, 3.05) is 13.6 Å². The number of ether oxygens (including phenoxy) is 1. The lowest BCUT2D eigenvalue weighted by molar-refractivity contribution is 0.162. The van der Waals surface area contributed by atoms with E-state index in [0.717, 1.165) is 36.4 Å². The van der Waals surface area contributed by atoms with Crippen molar-refractivity contribution in [2.24, 2.45) is 0 Å². The van der Waals surface area contributed by atoms with E-state index in [4.69, 9.17) is 4.74 Å². The van der Waals surface area contributed by atoms with Crippen LogP contribution in [0.1, 0.15) is 24.5 Å². The predicted molar refractivity (Wildman–Crippen MR) is 87.6 cm³/mol. The van der Waals surface area contributed by atoms with Gasteiger partial charge in [0.05, 0.1) is 6.10 Å². The zero-order valence-electron chi connectivity index (χ0n) is 13.3. The second-order valence-electron chi connectivity index (χ2n) is 5.63. The van der Waals surface area contributed by atoms with Crippen molar-refractivity contribution in [3.05, 3.63) is 59.9 Å². The zero-order chi connectivity index (χ0) is 15.8. The molecule has 0 bridgehead atoms. The number of rotatable bonds is 8. The number of aromatic nitrogens is 1. The lowest BCUT2D eigenvalue weighted by Crippen LogP contribution is -2.22. The third-order valence-electron chi connectivity index (χ3n) is 3.46. The molecule has 2 aromatic rings. The first-order chi connectivity index (χ1) is 10.6.